The second-order valence-corrected chi connectivity index (χ2v) is 9.57. The van der Waals surface area contributed by atoms with Gasteiger partial charge in [-0.25, -0.2) is 9.91 Å². The van der Waals surface area contributed by atoms with Crippen molar-refractivity contribution in [3.63, 3.8) is 0 Å². The van der Waals surface area contributed by atoms with Crippen molar-refractivity contribution >= 4 is 50.7 Å². The van der Waals surface area contributed by atoms with E-state index >= 15 is 0 Å². The number of imide groups is 1. The number of nitrogens with one attached hydrogen (secondary N) is 1. The summed E-state index contributed by atoms with van der Waals surface area (Å²) < 4.78 is 0.897. The van der Waals surface area contributed by atoms with Gasteiger partial charge < -0.3 is 10.5 Å². The molecule has 6 nitrogen and oxygen atoms in total. The number of aliphatic hydroxyl groups excluding tert-OH is 1. The summed E-state index contributed by atoms with van der Waals surface area (Å²) in [5.41, 5.74) is 5.17. The van der Waals surface area contributed by atoms with Gasteiger partial charge in [0.25, 0.3) is 5.91 Å². The zero-order chi connectivity index (χ0) is 23.8. The first kappa shape index (κ1) is 22.8. The Bertz CT molecular complexity index is 1230. The molecule has 8 heteroatoms. The maximum Gasteiger partial charge on any atom is 0.254 e. The molecular weight excluding hydrogens is 518 g/mol. The minimum atomic E-state index is -0.946. The molecule has 2 amide bonds. The van der Waals surface area contributed by atoms with Crippen LogP contribution in [0.2, 0.25) is 5.02 Å². The molecule has 2 heterocycles. The van der Waals surface area contributed by atoms with E-state index in [9.17, 15) is 14.7 Å². The van der Waals surface area contributed by atoms with Gasteiger partial charge in [0, 0.05) is 15.2 Å². The van der Waals surface area contributed by atoms with E-state index in [0.29, 0.717) is 22.0 Å². The predicted octanol–water partition coefficient (Wildman–Crippen LogP) is 4.96. The van der Waals surface area contributed by atoms with E-state index < -0.39 is 24.1 Å². The minimum absolute atomic E-state index is 0.295. The Morgan fingerprint density at radius 2 is 1.56 bits per heavy atom. The Balaban J connectivity index is 1.54. The monoisotopic (exact) mass is 537 g/mol. The quantitative estimate of drug-likeness (QED) is 0.355. The van der Waals surface area contributed by atoms with Crippen LogP contribution in [0, 0.1) is 5.92 Å². The lowest BCUT2D eigenvalue weighted by Gasteiger charge is -2.40. The SMILES string of the molecule is O=C1[C@@H]2[C@@H](C=CC([C@H](O)c3ccc(Br)cc3)N2Nc2ccc(Cl)cc2)C(=O)N1c1ccccc1. The van der Waals surface area contributed by atoms with E-state index in [-0.39, 0.29) is 11.8 Å². The van der Waals surface area contributed by atoms with Crippen LogP contribution in [-0.4, -0.2) is 34.0 Å². The average Bonchev–Trinajstić information content (AvgIpc) is 3.11. The molecule has 3 aromatic rings. The van der Waals surface area contributed by atoms with Crippen molar-refractivity contribution in [2.75, 3.05) is 10.3 Å². The van der Waals surface area contributed by atoms with Gasteiger partial charge in [-0.1, -0.05) is 70.0 Å². The second-order valence-electron chi connectivity index (χ2n) is 8.22. The van der Waals surface area contributed by atoms with Crippen molar-refractivity contribution in [1.29, 1.82) is 0 Å². The summed E-state index contributed by atoms with van der Waals surface area (Å²) in [5.74, 6) is -1.32. The molecule has 5 rings (SSSR count). The first-order valence-corrected chi connectivity index (χ1v) is 12.0. The highest BCUT2D eigenvalue weighted by molar-refractivity contribution is 9.10. The summed E-state index contributed by atoms with van der Waals surface area (Å²) >= 11 is 9.46. The number of nitrogens with zero attached hydrogens (tertiary/aromatic N) is 2. The lowest BCUT2D eigenvalue weighted by Crippen LogP contribution is -2.55. The maximum atomic E-state index is 13.6. The van der Waals surface area contributed by atoms with Crippen LogP contribution in [0.5, 0.6) is 0 Å². The van der Waals surface area contributed by atoms with Crippen molar-refractivity contribution in [3.8, 4) is 0 Å². The van der Waals surface area contributed by atoms with Crippen LogP contribution in [0.1, 0.15) is 11.7 Å². The Kier molecular flexibility index (Phi) is 6.27. The van der Waals surface area contributed by atoms with Crippen molar-refractivity contribution < 1.29 is 14.7 Å². The topological polar surface area (TPSA) is 72.9 Å². The van der Waals surface area contributed by atoms with Gasteiger partial charge in [-0.05, 0) is 54.1 Å². The summed E-state index contributed by atoms with van der Waals surface area (Å²) in [6, 6.07) is 21.9. The number of fused-ring (bicyclic) bond motifs is 1. The number of hydrazine groups is 1. The standard InChI is InChI=1S/C26H21BrClN3O3/c27-17-8-6-16(7-9-17)24(32)22-15-14-21-23(31(22)29-19-12-10-18(28)11-13-19)26(34)30(25(21)33)20-4-2-1-3-5-20/h1-15,21-24,29,32H/t21-,22?,23+,24-/m1/s1. The Morgan fingerprint density at radius 3 is 2.24 bits per heavy atom. The first-order chi connectivity index (χ1) is 16.4. The maximum absolute atomic E-state index is 13.6. The Hall–Kier alpha value is -2.97. The number of benzene rings is 3. The molecular formula is C26H21BrClN3O3. The fourth-order valence-electron chi connectivity index (χ4n) is 4.43. The van der Waals surface area contributed by atoms with Crippen LogP contribution in [-0.2, 0) is 9.59 Å². The van der Waals surface area contributed by atoms with Crippen LogP contribution >= 0.6 is 27.5 Å². The lowest BCUT2D eigenvalue weighted by atomic mass is 9.90. The van der Waals surface area contributed by atoms with Crippen LogP contribution in [0.3, 0.4) is 0 Å². The van der Waals surface area contributed by atoms with Crippen molar-refractivity contribution in [2.45, 2.75) is 18.2 Å². The van der Waals surface area contributed by atoms with E-state index in [1.165, 1.54) is 4.90 Å². The molecule has 0 bridgehead atoms. The largest absolute Gasteiger partial charge is 0.386 e. The number of carbonyl (C=O) groups excluding carboxylic acids is 2. The van der Waals surface area contributed by atoms with Crippen molar-refractivity contribution in [2.24, 2.45) is 5.92 Å². The Morgan fingerprint density at radius 1 is 0.882 bits per heavy atom. The van der Waals surface area contributed by atoms with Crippen LogP contribution in [0.15, 0.2) is 95.5 Å². The third kappa shape index (κ3) is 4.16. The van der Waals surface area contributed by atoms with Gasteiger partial charge in [0.2, 0.25) is 5.91 Å². The van der Waals surface area contributed by atoms with E-state index in [1.807, 2.05) is 30.3 Å². The number of para-hydroxylation sites is 1. The molecule has 2 aliphatic heterocycles. The summed E-state index contributed by atoms with van der Waals surface area (Å²) in [7, 11) is 0. The number of hydrogen-bond acceptors (Lipinski definition) is 5. The molecule has 34 heavy (non-hydrogen) atoms. The normalized spacial score (nSPS) is 23.1. The molecule has 0 saturated carbocycles. The molecule has 0 spiro atoms. The molecule has 1 fully saturated rings. The van der Waals surface area contributed by atoms with Gasteiger partial charge in [-0.2, -0.15) is 0 Å². The number of aliphatic hydroxyl groups is 1. The molecule has 3 aromatic carbocycles. The van der Waals surface area contributed by atoms with Crippen LogP contribution < -0.4 is 10.3 Å². The van der Waals surface area contributed by atoms with E-state index in [4.69, 9.17) is 11.6 Å². The van der Waals surface area contributed by atoms with Crippen LogP contribution in [0.25, 0.3) is 0 Å². The molecule has 172 valence electrons. The smallest absolute Gasteiger partial charge is 0.254 e. The molecule has 4 atom stereocenters. The fourth-order valence-corrected chi connectivity index (χ4v) is 4.82. The number of amides is 2. The second kappa shape index (κ2) is 9.35. The molecule has 0 radical (unpaired) electrons. The van der Waals surface area contributed by atoms with Crippen molar-refractivity contribution in [3.05, 3.63) is 106 Å². The molecule has 0 aliphatic carbocycles. The number of hydrogen-bond donors (Lipinski definition) is 2. The average molecular weight is 539 g/mol. The lowest BCUT2D eigenvalue weighted by molar-refractivity contribution is -0.123. The third-order valence-corrected chi connectivity index (χ3v) is 6.89. The Labute approximate surface area is 210 Å². The van der Waals surface area contributed by atoms with Gasteiger partial charge in [0.1, 0.15) is 6.04 Å². The first-order valence-electron chi connectivity index (χ1n) is 10.8. The summed E-state index contributed by atoms with van der Waals surface area (Å²) in [5, 5.41) is 13.6. The van der Waals surface area contributed by atoms with Crippen LogP contribution in [0.4, 0.5) is 11.4 Å². The number of rotatable bonds is 5. The van der Waals surface area contributed by atoms with E-state index in [2.05, 4.69) is 21.4 Å². The van der Waals surface area contributed by atoms with Crippen molar-refractivity contribution in [1.82, 2.24) is 5.01 Å². The molecule has 1 unspecified atom stereocenters. The molecule has 0 aromatic heterocycles. The zero-order valence-electron chi connectivity index (χ0n) is 17.9. The number of carbonyl (C=O) groups is 2. The van der Waals surface area contributed by atoms with Gasteiger partial charge in [0.05, 0.1) is 23.8 Å². The van der Waals surface area contributed by atoms with Gasteiger partial charge in [-0.3, -0.25) is 9.59 Å². The fraction of sp³-hybridized carbons (Fsp3) is 0.154. The highest BCUT2D eigenvalue weighted by atomic mass is 79.9. The summed E-state index contributed by atoms with van der Waals surface area (Å²) in [4.78, 5) is 28.2. The molecule has 2 aliphatic rings. The predicted molar refractivity (Wildman–Crippen MR) is 135 cm³/mol. The van der Waals surface area contributed by atoms with Gasteiger partial charge in [-0.15, -0.1) is 0 Å². The molecule has 2 N–H and O–H groups in total. The van der Waals surface area contributed by atoms with Gasteiger partial charge in [0.15, 0.2) is 0 Å². The molecule has 1 saturated heterocycles. The number of anilines is 2. The van der Waals surface area contributed by atoms with E-state index in [0.717, 1.165) is 4.47 Å². The zero-order valence-corrected chi connectivity index (χ0v) is 20.2. The minimum Gasteiger partial charge on any atom is -0.386 e. The summed E-state index contributed by atoms with van der Waals surface area (Å²) in [6.45, 7) is 0. The highest BCUT2D eigenvalue weighted by Crippen LogP contribution is 2.38. The summed E-state index contributed by atoms with van der Waals surface area (Å²) in [6.07, 6.45) is 2.58. The van der Waals surface area contributed by atoms with Gasteiger partial charge >= 0.3 is 0 Å². The third-order valence-electron chi connectivity index (χ3n) is 6.11. The number of halogens is 2. The highest BCUT2D eigenvalue weighted by Gasteiger charge is 2.54. The van der Waals surface area contributed by atoms with E-state index in [1.54, 1.807) is 65.7 Å².